The summed E-state index contributed by atoms with van der Waals surface area (Å²) >= 11 is 6.21. The molecule has 2 amide bonds. The monoisotopic (exact) mass is 461 g/mol. The molecular weight excluding hydrogens is 438 g/mol. The maximum absolute atomic E-state index is 13.6. The van der Waals surface area contributed by atoms with Crippen molar-refractivity contribution in [2.24, 2.45) is 35.5 Å². The molecule has 6 heteroatoms. The fraction of sp³-hybridized carbons (Fsp3) is 0.370. The molecular formula is C27H24ClNO4. The summed E-state index contributed by atoms with van der Waals surface area (Å²) in [6.45, 7) is -0.0101. The van der Waals surface area contributed by atoms with Gasteiger partial charge >= 0.3 is 5.97 Å². The second-order valence-electron chi connectivity index (χ2n) is 9.61. The van der Waals surface area contributed by atoms with Crippen LogP contribution in [0, 0.1) is 35.5 Å². The van der Waals surface area contributed by atoms with Crippen molar-refractivity contribution >= 4 is 29.4 Å². The van der Waals surface area contributed by atoms with Crippen molar-refractivity contribution in [1.29, 1.82) is 0 Å². The van der Waals surface area contributed by atoms with Gasteiger partial charge in [0, 0.05) is 17.0 Å². The van der Waals surface area contributed by atoms with Gasteiger partial charge in [-0.25, -0.2) is 4.79 Å². The number of amides is 2. The fourth-order valence-electron chi connectivity index (χ4n) is 6.27. The van der Waals surface area contributed by atoms with Crippen LogP contribution in [0.25, 0.3) is 0 Å². The van der Waals surface area contributed by atoms with E-state index in [1.807, 2.05) is 42.5 Å². The smallest absolute Gasteiger partial charge is 0.330 e. The zero-order valence-electron chi connectivity index (χ0n) is 18.0. The van der Waals surface area contributed by atoms with E-state index in [-0.39, 0.29) is 48.5 Å². The van der Waals surface area contributed by atoms with Crippen molar-refractivity contribution in [2.75, 3.05) is 0 Å². The largest absolute Gasteiger partial charge is 0.459 e. The van der Waals surface area contributed by atoms with Crippen LogP contribution in [-0.2, 0) is 32.1 Å². The van der Waals surface area contributed by atoms with E-state index in [2.05, 4.69) is 12.2 Å². The average Bonchev–Trinajstić information content (AvgIpc) is 3.61. The zero-order chi connectivity index (χ0) is 22.7. The number of imide groups is 1. The van der Waals surface area contributed by atoms with Crippen LogP contribution in [0.1, 0.15) is 17.5 Å². The van der Waals surface area contributed by atoms with E-state index in [4.69, 9.17) is 16.3 Å². The Hall–Kier alpha value is -2.92. The molecule has 7 rings (SSSR count). The molecule has 0 radical (unpaired) electrons. The van der Waals surface area contributed by atoms with E-state index in [0.29, 0.717) is 22.4 Å². The number of carbonyl (C=O) groups is 3. The molecule has 2 aromatic rings. The molecule has 1 saturated heterocycles. The summed E-state index contributed by atoms with van der Waals surface area (Å²) in [6, 6.07) is 15.6. The van der Waals surface area contributed by atoms with Crippen molar-refractivity contribution in [1.82, 2.24) is 4.90 Å². The molecule has 0 N–H and O–H groups in total. The highest BCUT2D eigenvalue weighted by atomic mass is 35.5. The quantitative estimate of drug-likeness (QED) is 0.370. The van der Waals surface area contributed by atoms with Gasteiger partial charge in [-0.3, -0.25) is 14.5 Å². The molecule has 0 aromatic heterocycles. The first-order valence-electron chi connectivity index (χ1n) is 11.5. The van der Waals surface area contributed by atoms with Crippen molar-refractivity contribution in [3.8, 4) is 0 Å². The molecule has 1 heterocycles. The zero-order valence-corrected chi connectivity index (χ0v) is 18.7. The Morgan fingerprint density at radius 1 is 0.939 bits per heavy atom. The number of allylic oxidation sites excluding steroid dienone is 2. The minimum absolute atomic E-state index is 0.0101. The summed E-state index contributed by atoms with van der Waals surface area (Å²) in [5.74, 6) is -0.446. The number of ether oxygens (including phenoxy) is 1. The molecule has 7 atom stereocenters. The van der Waals surface area contributed by atoms with Gasteiger partial charge in [0.05, 0.1) is 11.8 Å². The van der Waals surface area contributed by atoms with Crippen LogP contribution in [0.15, 0.2) is 66.7 Å². The first kappa shape index (κ1) is 20.7. The summed E-state index contributed by atoms with van der Waals surface area (Å²) < 4.78 is 5.62. The molecule has 33 heavy (non-hydrogen) atoms. The summed E-state index contributed by atoms with van der Waals surface area (Å²) in [5.41, 5.74) is 1.55. The summed E-state index contributed by atoms with van der Waals surface area (Å²) in [7, 11) is 0. The normalized spacial score (nSPS) is 31.8. The molecule has 7 unspecified atom stereocenters. The first-order valence-corrected chi connectivity index (χ1v) is 11.9. The van der Waals surface area contributed by atoms with Gasteiger partial charge in [0.25, 0.3) is 0 Å². The van der Waals surface area contributed by atoms with Gasteiger partial charge in [0.1, 0.15) is 12.6 Å². The predicted octanol–water partition coefficient (Wildman–Crippen LogP) is 4.05. The Kier molecular flexibility index (Phi) is 4.91. The number of hydrogen-bond acceptors (Lipinski definition) is 4. The average molecular weight is 462 g/mol. The lowest BCUT2D eigenvalue weighted by molar-refractivity contribution is -0.160. The van der Waals surface area contributed by atoms with Crippen LogP contribution in [0.5, 0.6) is 0 Å². The second kappa shape index (κ2) is 7.84. The van der Waals surface area contributed by atoms with Crippen LogP contribution < -0.4 is 0 Å². The Morgan fingerprint density at radius 3 is 2.18 bits per heavy atom. The van der Waals surface area contributed by atoms with Crippen LogP contribution in [0.3, 0.4) is 0 Å². The number of hydrogen-bond donors (Lipinski definition) is 0. The van der Waals surface area contributed by atoms with Crippen molar-refractivity contribution < 1.29 is 19.1 Å². The van der Waals surface area contributed by atoms with Crippen molar-refractivity contribution in [3.63, 3.8) is 0 Å². The van der Waals surface area contributed by atoms with Crippen molar-refractivity contribution in [2.45, 2.75) is 25.5 Å². The van der Waals surface area contributed by atoms with Gasteiger partial charge in [-0.1, -0.05) is 72.3 Å². The first-order chi connectivity index (χ1) is 16.0. The Labute approximate surface area is 197 Å². The van der Waals surface area contributed by atoms with Crippen LogP contribution in [-0.4, -0.2) is 28.7 Å². The molecule has 2 aromatic carbocycles. The lowest BCUT2D eigenvalue weighted by Gasteiger charge is -2.37. The SMILES string of the molecule is O=C(OCc1ccccc1Cl)C(Cc1ccccc1)N1C(=O)C2C3C=CC(C4CC34)C2C1=O. The lowest BCUT2D eigenvalue weighted by atomic mass is 9.63. The van der Waals surface area contributed by atoms with Gasteiger partial charge in [-0.05, 0) is 41.7 Å². The number of likely N-dealkylation sites (tertiary alicyclic amines) is 1. The van der Waals surface area contributed by atoms with Gasteiger partial charge < -0.3 is 4.74 Å². The van der Waals surface area contributed by atoms with E-state index < -0.39 is 12.0 Å². The lowest BCUT2D eigenvalue weighted by Crippen LogP contribution is -2.47. The van der Waals surface area contributed by atoms with E-state index in [1.54, 1.807) is 12.1 Å². The molecule has 5 nitrogen and oxygen atoms in total. The fourth-order valence-corrected chi connectivity index (χ4v) is 6.46. The van der Waals surface area contributed by atoms with Crippen LogP contribution in [0.2, 0.25) is 5.02 Å². The minimum atomic E-state index is -0.990. The topological polar surface area (TPSA) is 63.7 Å². The third kappa shape index (κ3) is 3.33. The maximum Gasteiger partial charge on any atom is 0.330 e. The summed E-state index contributed by atoms with van der Waals surface area (Å²) in [6.07, 6.45) is 5.60. The number of benzene rings is 2. The van der Waals surface area contributed by atoms with Gasteiger partial charge in [-0.15, -0.1) is 0 Å². The predicted molar refractivity (Wildman–Crippen MR) is 122 cm³/mol. The highest BCUT2D eigenvalue weighted by Crippen LogP contribution is 2.65. The van der Waals surface area contributed by atoms with Gasteiger partial charge in [0.15, 0.2) is 0 Å². The Balaban J connectivity index is 1.29. The maximum atomic E-state index is 13.6. The van der Waals surface area contributed by atoms with E-state index in [1.165, 1.54) is 4.90 Å². The number of halogens is 1. The molecule has 2 saturated carbocycles. The van der Waals surface area contributed by atoms with Gasteiger partial charge in [0.2, 0.25) is 11.8 Å². The number of esters is 1. The van der Waals surface area contributed by atoms with Crippen LogP contribution >= 0.6 is 11.6 Å². The highest BCUT2D eigenvalue weighted by molar-refractivity contribution is 6.31. The Morgan fingerprint density at radius 2 is 1.55 bits per heavy atom. The molecule has 168 valence electrons. The van der Waals surface area contributed by atoms with E-state index in [9.17, 15) is 14.4 Å². The number of carbonyl (C=O) groups excluding carboxylic acids is 3. The second-order valence-corrected chi connectivity index (χ2v) is 10.0. The third-order valence-electron chi connectivity index (χ3n) is 7.88. The molecule has 3 fully saturated rings. The number of nitrogens with zero attached hydrogens (tertiary/aromatic N) is 1. The molecule has 5 aliphatic rings. The number of rotatable bonds is 6. The molecule has 2 bridgehead atoms. The van der Waals surface area contributed by atoms with Gasteiger partial charge in [-0.2, -0.15) is 0 Å². The molecule has 4 aliphatic carbocycles. The summed E-state index contributed by atoms with van der Waals surface area (Å²) in [5, 5.41) is 0.506. The molecule has 1 aliphatic heterocycles. The standard InChI is InChI=1S/C27H24ClNO4/c28-21-9-5-4-8-16(21)14-33-27(32)22(12-15-6-2-1-3-7-15)29-25(30)23-17-10-11-18(20-13-19(17)20)24(23)26(29)31/h1-11,17-20,22-24H,12-14H2. The highest BCUT2D eigenvalue weighted by Gasteiger charge is 2.68. The summed E-state index contributed by atoms with van der Waals surface area (Å²) in [4.78, 5) is 41.8. The van der Waals surface area contributed by atoms with E-state index >= 15 is 0 Å². The minimum Gasteiger partial charge on any atom is -0.459 e. The Bertz CT molecular complexity index is 1130. The molecule has 0 spiro atoms. The van der Waals surface area contributed by atoms with Crippen LogP contribution in [0.4, 0.5) is 0 Å². The third-order valence-corrected chi connectivity index (χ3v) is 8.25. The van der Waals surface area contributed by atoms with Crippen molar-refractivity contribution in [3.05, 3.63) is 82.9 Å². The van der Waals surface area contributed by atoms with E-state index in [0.717, 1.165) is 12.0 Å².